The van der Waals surface area contributed by atoms with Gasteiger partial charge in [0.2, 0.25) is 0 Å². The summed E-state index contributed by atoms with van der Waals surface area (Å²) in [4.78, 5) is 0. The molecule has 0 atom stereocenters. The van der Waals surface area contributed by atoms with E-state index in [9.17, 15) is 13.2 Å². The lowest BCUT2D eigenvalue weighted by atomic mass is 10.2. The molecule has 0 bridgehead atoms. The average molecular weight is 307 g/mol. The summed E-state index contributed by atoms with van der Waals surface area (Å²) in [5, 5.41) is 3.19. The fourth-order valence-corrected chi connectivity index (χ4v) is 1.61. The molecule has 1 aromatic rings. The van der Waals surface area contributed by atoms with Gasteiger partial charge in [-0.1, -0.05) is 13.0 Å². The predicted octanol–water partition coefficient (Wildman–Crippen LogP) is 2.76. The Kier molecular flexibility index (Phi) is 7.31. The normalized spacial score (nSPS) is 11.5. The zero-order chi connectivity index (χ0) is 15.7. The summed E-state index contributed by atoms with van der Waals surface area (Å²) in [6, 6.07) is 5.43. The molecular weight excluding hydrogens is 287 g/mol. The molecule has 0 saturated carbocycles. The fourth-order valence-electron chi connectivity index (χ4n) is 1.61. The minimum atomic E-state index is -4.31. The fraction of sp³-hybridized carbons (Fsp3) is 0.571. The first-order chi connectivity index (χ1) is 9.96. The zero-order valence-corrected chi connectivity index (χ0v) is 12.1. The van der Waals surface area contributed by atoms with Gasteiger partial charge in [0, 0.05) is 6.54 Å². The van der Waals surface area contributed by atoms with Crippen molar-refractivity contribution in [2.75, 3.05) is 33.5 Å². The van der Waals surface area contributed by atoms with E-state index in [1.54, 1.807) is 6.07 Å². The van der Waals surface area contributed by atoms with Gasteiger partial charge < -0.3 is 19.5 Å². The van der Waals surface area contributed by atoms with Crippen LogP contribution in [0.3, 0.4) is 0 Å². The number of benzene rings is 1. The number of methoxy groups -OCH3 is 1. The first-order valence-corrected chi connectivity index (χ1v) is 6.61. The number of nitrogens with one attached hydrogen (secondary N) is 1. The topological polar surface area (TPSA) is 39.7 Å². The highest BCUT2D eigenvalue weighted by molar-refractivity contribution is 5.42. The van der Waals surface area contributed by atoms with Gasteiger partial charge in [-0.15, -0.1) is 0 Å². The van der Waals surface area contributed by atoms with E-state index in [0.29, 0.717) is 18.0 Å². The monoisotopic (exact) mass is 307 g/mol. The largest absolute Gasteiger partial charge is 0.493 e. The van der Waals surface area contributed by atoms with Crippen LogP contribution < -0.4 is 14.8 Å². The SMILES string of the molecule is CCNCc1ccc(OCCOCC(F)(F)F)c(OC)c1. The molecule has 7 heteroatoms. The van der Waals surface area contributed by atoms with Crippen LogP contribution in [0.5, 0.6) is 11.5 Å². The van der Waals surface area contributed by atoms with E-state index in [4.69, 9.17) is 9.47 Å². The van der Waals surface area contributed by atoms with Crippen LogP contribution in [0.2, 0.25) is 0 Å². The summed E-state index contributed by atoms with van der Waals surface area (Å²) < 4.78 is 50.7. The maximum Gasteiger partial charge on any atom is 0.411 e. The molecule has 0 spiro atoms. The van der Waals surface area contributed by atoms with Crippen LogP contribution in [0.1, 0.15) is 12.5 Å². The van der Waals surface area contributed by atoms with Crippen molar-refractivity contribution < 1.29 is 27.4 Å². The lowest BCUT2D eigenvalue weighted by Gasteiger charge is -2.13. The number of hydrogen-bond donors (Lipinski definition) is 1. The number of hydrogen-bond acceptors (Lipinski definition) is 4. The molecule has 0 unspecified atom stereocenters. The Morgan fingerprint density at radius 3 is 2.52 bits per heavy atom. The van der Waals surface area contributed by atoms with Crippen LogP contribution in [-0.2, 0) is 11.3 Å². The second-order valence-electron chi connectivity index (χ2n) is 4.28. The Bertz CT molecular complexity index is 424. The quantitative estimate of drug-likeness (QED) is 0.712. The van der Waals surface area contributed by atoms with Crippen LogP contribution in [0.4, 0.5) is 13.2 Å². The van der Waals surface area contributed by atoms with Gasteiger partial charge in [-0.2, -0.15) is 13.2 Å². The molecule has 0 radical (unpaired) electrons. The molecule has 1 N–H and O–H groups in total. The second kappa shape index (κ2) is 8.74. The maximum absolute atomic E-state index is 11.9. The highest BCUT2D eigenvalue weighted by Gasteiger charge is 2.27. The minimum absolute atomic E-state index is 0.0268. The third kappa shape index (κ3) is 7.19. The van der Waals surface area contributed by atoms with E-state index >= 15 is 0 Å². The van der Waals surface area contributed by atoms with Crippen molar-refractivity contribution in [1.82, 2.24) is 5.32 Å². The average Bonchev–Trinajstić information content (AvgIpc) is 2.44. The molecule has 0 aliphatic rings. The molecule has 1 aromatic carbocycles. The van der Waals surface area contributed by atoms with Crippen LogP contribution in [-0.4, -0.2) is 39.7 Å². The van der Waals surface area contributed by atoms with E-state index in [0.717, 1.165) is 12.1 Å². The maximum atomic E-state index is 11.9. The molecule has 0 heterocycles. The van der Waals surface area contributed by atoms with E-state index in [2.05, 4.69) is 10.1 Å². The lowest BCUT2D eigenvalue weighted by Crippen LogP contribution is -2.19. The first-order valence-electron chi connectivity index (χ1n) is 6.61. The molecule has 1 rings (SSSR count). The molecule has 0 aliphatic heterocycles. The van der Waals surface area contributed by atoms with Crippen molar-refractivity contribution in [1.29, 1.82) is 0 Å². The second-order valence-corrected chi connectivity index (χ2v) is 4.28. The van der Waals surface area contributed by atoms with Crippen LogP contribution in [0.25, 0.3) is 0 Å². The highest BCUT2D eigenvalue weighted by atomic mass is 19.4. The highest BCUT2D eigenvalue weighted by Crippen LogP contribution is 2.28. The van der Waals surface area contributed by atoms with Crippen molar-refractivity contribution in [2.24, 2.45) is 0 Å². The van der Waals surface area contributed by atoms with Crippen molar-refractivity contribution in [3.63, 3.8) is 0 Å². The van der Waals surface area contributed by atoms with E-state index in [1.807, 2.05) is 19.1 Å². The summed E-state index contributed by atoms with van der Waals surface area (Å²) in [6.07, 6.45) is -4.31. The Hall–Kier alpha value is -1.47. The number of alkyl halides is 3. The summed E-state index contributed by atoms with van der Waals surface area (Å²) >= 11 is 0. The van der Waals surface area contributed by atoms with Gasteiger partial charge in [0.05, 0.1) is 13.7 Å². The van der Waals surface area contributed by atoms with Gasteiger partial charge in [-0.05, 0) is 24.2 Å². The van der Waals surface area contributed by atoms with Gasteiger partial charge in [0.15, 0.2) is 11.5 Å². The van der Waals surface area contributed by atoms with Gasteiger partial charge in [0.1, 0.15) is 13.2 Å². The third-order valence-electron chi connectivity index (χ3n) is 2.56. The molecule has 0 saturated heterocycles. The van der Waals surface area contributed by atoms with Crippen molar-refractivity contribution in [3.8, 4) is 11.5 Å². The molecule has 0 aliphatic carbocycles. The summed E-state index contributed by atoms with van der Waals surface area (Å²) in [7, 11) is 1.51. The Morgan fingerprint density at radius 2 is 1.90 bits per heavy atom. The van der Waals surface area contributed by atoms with E-state index in [1.165, 1.54) is 7.11 Å². The lowest BCUT2D eigenvalue weighted by molar-refractivity contribution is -0.175. The number of rotatable bonds is 9. The van der Waals surface area contributed by atoms with Gasteiger partial charge in [-0.25, -0.2) is 0 Å². The van der Waals surface area contributed by atoms with Gasteiger partial charge in [0.25, 0.3) is 0 Å². The summed E-state index contributed by atoms with van der Waals surface area (Å²) in [5.74, 6) is 1.02. The molecule has 21 heavy (non-hydrogen) atoms. The number of halogens is 3. The van der Waals surface area contributed by atoms with Crippen LogP contribution >= 0.6 is 0 Å². The molecule has 120 valence electrons. The molecule has 0 aromatic heterocycles. The Labute approximate surface area is 122 Å². The molecule has 0 amide bonds. The third-order valence-corrected chi connectivity index (χ3v) is 2.56. The van der Waals surface area contributed by atoms with Crippen LogP contribution in [0.15, 0.2) is 18.2 Å². The first kappa shape index (κ1) is 17.6. The molecule has 4 nitrogen and oxygen atoms in total. The van der Waals surface area contributed by atoms with E-state index < -0.39 is 12.8 Å². The predicted molar refractivity (Wildman–Crippen MR) is 72.7 cm³/mol. The standard InChI is InChI=1S/C14H20F3NO3/c1-3-18-9-11-4-5-12(13(8-11)19-2)21-7-6-20-10-14(15,16)17/h4-5,8,18H,3,6-7,9-10H2,1-2H3. The van der Waals surface area contributed by atoms with Crippen molar-refractivity contribution in [3.05, 3.63) is 23.8 Å². The smallest absolute Gasteiger partial charge is 0.411 e. The van der Waals surface area contributed by atoms with E-state index in [-0.39, 0.29) is 13.2 Å². The van der Waals surface area contributed by atoms with Gasteiger partial charge >= 0.3 is 6.18 Å². The van der Waals surface area contributed by atoms with Gasteiger partial charge in [-0.3, -0.25) is 0 Å². The van der Waals surface area contributed by atoms with Crippen molar-refractivity contribution >= 4 is 0 Å². The summed E-state index contributed by atoms with van der Waals surface area (Å²) in [6.45, 7) is 2.20. The Morgan fingerprint density at radius 1 is 1.14 bits per heavy atom. The summed E-state index contributed by atoms with van der Waals surface area (Å²) in [5.41, 5.74) is 1.04. The van der Waals surface area contributed by atoms with Crippen LogP contribution in [0, 0.1) is 0 Å². The van der Waals surface area contributed by atoms with Crippen molar-refractivity contribution in [2.45, 2.75) is 19.6 Å². The zero-order valence-electron chi connectivity index (χ0n) is 12.1. The number of ether oxygens (including phenoxy) is 3. The Balaban J connectivity index is 2.43. The minimum Gasteiger partial charge on any atom is -0.493 e. The molecular formula is C14H20F3NO3. The molecule has 0 fully saturated rings.